The van der Waals surface area contributed by atoms with Crippen LogP contribution >= 0.6 is 11.8 Å². The molecular weight excluding hydrogens is 364 g/mol. The summed E-state index contributed by atoms with van der Waals surface area (Å²) in [5.74, 6) is 1.06. The number of rotatable bonds is 5. The van der Waals surface area contributed by atoms with Crippen LogP contribution in [0.15, 0.2) is 35.5 Å². The summed E-state index contributed by atoms with van der Waals surface area (Å²) in [4.78, 5) is 28.9. The minimum absolute atomic E-state index is 0.0590. The van der Waals surface area contributed by atoms with Crippen LogP contribution in [0.2, 0.25) is 0 Å². The minimum atomic E-state index is 0.0590. The van der Waals surface area contributed by atoms with E-state index in [0.29, 0.717) is 43.0 Å². The molecule has 1 saturated carbocycles. The summed E-state index contributed by atoms with van der Waals surface area (Å²) >= 11 is 1.33. The molecule has 1 aromatic carbocycles. The van der Waals surface area contributed by atoms with Gasteiger partial charge in [-0.2, -0.15) is 0 Å². The predicted molar refractivity (Wildman–Crippen MR) is 100.0 cm³/mol. The van der Waals surface area contributed by atoms with Crippen LogP contribution in [-0.4, -0.2) is 73.8 Å². The van der Waals surface area contributed by atoms with E-state index in [4.69, 9.17) is 0 Å². The molecule has 0 bridgehead atoms. The normalized spacial score (nSPS) is 22.0. The predicted octanol–water partition coefficient (Wildman–Crippen LogP) is 0.777. The second-order valence-electron chi connectivity index (χ2n) is 6.94. The van der Waals surface area contributed by atoms with Gasteiger partial charge in [-0.25, -0.2) is 4.68 Å². The van der Waals surface area contributed by atoms with Crippen molar-refractivity contribution in [3.8, 4) is 0 Å². The van der Waals surface area contributed by atoms with Gasteiger partial charge in [0.05, 0.1) is 5.75 Å². The van der Waals surface area contributed by atoms with Crippen molar-refractivity contribution >= 4 is 23.6 Å². The topological polar surface area (TPSA) is 84.2 Å². The molecule has 8 nitrogen and oxygen atoms in total. The van der Waals surface area contributed by atoms with Crippen LogP contribution in [0.3, 0.4) is 0 Å². The van der Waals surface area contributed by atoms with Crippen molar-refractivity contribution in [1.29, 1.82) is 0 Å². The number of tetrazole rings is 1. The fourth-order valence-electron chi connectivity index (χ4n) is 3.51. The lowest BCUT2D eigenvalue weighted by Crippen LogP contribution is -2.51. The SMILES string of the molecule is Cn1nnnc1SCC(=O)N1CCN(C(=O)C2CC2c2ccccc2)CC1. The fraction of sp³-hybridized carbons (Fsp3) is 0.500. The monoisotopic (exact) mass is 386 g/mol. The zero-order valence-electron chi connectivity index (χ0n) is 15.2. The zero-order valence-corrected chi connectivity index (χ0v) is 16.0. The lowest BCUT2D eigenvalue weighted by Gasteiger charge is -2.35. The van der Waals surface area contributed by atoms with E-state index < -0.39 is 0 Å². The summed E-state index contributed by atoms with van der Waals surface area (Å²) in [5, 5.41) is 11.8. The third-order valence-corrected chi connectivity index (χ3v) is 6.18. The Labute approximate surface area is 161 Å². The standard InChI is InChI=1S/C18H22N6O2S/c1-22-18(19-20-21-22)27-12-16(25)23-7-9-24(10-8-23)17(26)15-11-14(15)13-5-3-2-4-6-13/h2-6,14-15H,7-12H2,1H3. The number of hydrogen-bond acceptors (Lipinski definition) is 6. The van der Waals surface area contributed by atoms with Gasteiger partial charge in [-0.05, 0) is 28.3 Å². The van der Waals surface area contributed by atoms with Gasteiger partial charge in [0.15, 0.2) is 0 Å². The van der Waals surface area contributed by atoms with Gasteiger partial charge in [-0.3, -0.25) is 9.59 Å². The number of carbonyl (C=O) groups is 2. The van der Waals surface area contributed by atoms with Gasteiger partial charge in [0.25, 0.3) is 0 Å². The molecule has 1 aromatic heterocycles. The molecule has 2 aliphatic rings. The van der Waals surface area contributed by atoms with Gasteiger partial charge in [-0.1, -0.05) is 42.1 Å². The first-order chi connectivity index (χ1) is 13.1. The molecule has 9 heteroatoms. The number of carbonyl (C=O) groups excluding carboxylic acids is 2. The van der Waals surface area contributed by atoms with Crippen molar-refractivity contribution < 1.29 is 9.59 Å². The summed E-state index contributed by atoms with van der Waals surface area (Å²) in [6, 6.07) is 10.2. The maximum atomic E-state index is 12.7. The van der Waals surface area contributed by atoms with E-state index >= 15 is 0 Å². The average Bonchev–Trinajstić information content (AvgIpc) is 3.41. The summed E-state index contributed by atoms with van der Waals surface area (Å²) in [6.07, 6.45) is 0.935. The van der Waals surface area contributed by atoms with Crippen LogP contribution in [0, 0.1) is 5.92 Å². The van der Waals surface area contributed by atoms with Crippen LogP contribution in [0.1, 0.15) is 17.9 Å². The number of benzene rings is 1. The first-order valence-electron chi connectivity index (χ1n) is 9.10. The Morgan fingerprint density at radius 3 is 2.48 bits per heavy atom. The Kier molecular flexibility index (Phi) is 5.11. The van der Waals surface area contributed by atoms with E-state index in [-0.39, 0.29) is 17.7 Å². The number of amides is 2. The summed E-state index contributed by atoms with van der Waals surface area (Å²) in [5.41, 5.74) is 1.25. The maximum Gasteiger partial charge on any atom is 0.233 e. The first-order valence-corrected chi connectivity index (χ1v) is 10.1. The van der Waals surface area contributed by atoms with Gasteiger partial charge < -0.3 is 9.80 Å². The molecule has 0 N–H and O–H groups in total. The van der Waals surface area contributed by atoms with Crippen molar-refractivity contribution in [1.82, 2.24) is 30.0 Å². The molecule has 1 aliphatic carbocycles. The van der Waals surface area contributed by atoms with Gasteiger partial charge in [-0.15, -0.1) is 5.10 Å². The molecule has 2 fully saturated rings. The second-order valence-corrected chi connectivity index (χ2v) is 7.88. The second kappa shape index (κ2) is 7.67. The van der Waals surface area contributed by atoms with Crippen LogP contribution in [-0.2, 0) is 16.6 Å². The van der Waals surface area contributed by atoms with Crippen molar-refractivity contribution in [2.24, 2.45) is 13.0 Å². The van der Waals surface area contributed by atoms with Crippen LogP contribution in [0.4, 0.5) is 0 Å². The molecule has 2 heterocycles. The number of thioether (sulfide) groups is 1. The summed E-state index contributed by atoms with van der Waals surface area (Å²) in [7, 11) is 1.75. The Morgan fingerprint density at radius 1 is 1.11 bits per heavy atom. The lowest BCUT2D eigenvalue weighted by atomic mass is 10.1. The van der Waals surface area contributed by atoms with Crippen LogP contribution in [0.5, 0.6) is 0 Å². The van der Waals surface area contributed by atoms with Gasteiger partial charge in [0.2, 0.25) is 17.0 Å². The molecule has 0 radical (unpaired) electrons. The highest BCUT2D eigenvalue weighted by Gasteiger charge is 2.46. The number of piperazine rings is 1. The molecule has 2 aromatic rings. The van der Waals surface area contributed by atoms with E-state index in [1.54, 1.807) is 11.7 Å². The smallest absolute Gasteiger partial charge is 0.233 e. The molecule has 27 heavy (non-hydrogen) atoms. The number of aromatic nitrogens is 4. The van der Waals surface area contributed by atoms with Crippen molar-refractivity contribution in [3.05, 3.63) is 35.9 Å². The van der Waals surface area contributed by atoms with E-state index in [1.807, 2.05) is 28.0 Å². The summed E-state index contributed by atoms with van der Waals surface area (Å²) < 4.78 is 1.55. The highest BCUT2D eigenvalue weighted by molar-refractivity contribution is 7.99. The van der Waals surface area contributed by atoms with Crippen LogP contribution in [0.25, 0.3) is 0 Å². The average molecular weight is 386 g/mol. The molecule has 2 amide bonds. The van der Waals surface area contributed by atoms with Gasteiger partial charge in [0, 0.05) is 39.1 Å². The number of hydrogen-bond donors (Lipinski definition) is 0. The maximum absolute atomic E-state index is 12.7. The zero-order chi connectivity index (χ0) is 18.8. The molecule has 0 spiro atoms. The highest BCUT2D eigenvalue weighted by atomic mass is 32.2. The Bertz CT molecular complexity index is 818. The Morgan fingerprint density at radius 2 is 1.81 bits per heavy atom. The Balaban J connectivity index is 1.24. The van der Waals surface area contributed by atoms with E-state index in [1.165, 1.54) is 17.3 Å². The van der Waals surface area contributed by atoms with E-state index in [9.17, 15) is 9.59 Å². The summed E-state index contributed by atoms with van der Waals surface area (Å²) in [6.45, 7) is 2.40. The van der Waals surface area contributed by atoms with Crippen molar-refractivity contribution in [2.45, 2.75) is 17.5 Å². The highest BCUT2D eigenvalue weighted by Crippen LogP contribution is 2.48. The van der Waals surface area contributed by atoms with Crippen molar-refractivity contribution in [2.75, 3.05) is 31.9 Å². The third-order valence-electron chi connectivity index (χ3n) is 5.19. The largest absolute Gasteiger partial charge is 0.339 e. The van der Waals surface area contributed by atoms with Crippen LogP contribution < -0.4 is 0 Å². The molecule has 4 rings (SSSR count). The molecular formula is C18H22N6O2S. The lowest BCUT2D eigenvalue weighted by molar-refractivity contribution is -0.139. The number of nitrogens with zero attached hydrogens (tertiary/aromatic N) is 6. The van der Waals surface area contributed by atoms with E-state index in [2.05, 4.69) is 27.7 Å². The molecule has 1 aliphatic heterocycles. The molecule has 2 unspecified atom stereocenters. The van der Waals surface area contributed by atoms with E-state index in [0.717, 1.165) is 6.42 Å². The minimum Gasteiger partial charge on any atom is -0.339 e. The molecule has 2 atom stereocenters. The van der Waals surface area contributed by atoms with Gasteiger partial charge in [0.1, 0.15) is 0 Å². The first kappa shape index (κ1) is 18.0. The third kappa shape index (κ3) is 3.97. The van der Waals surface area contributed by atoms with Crippen molar-refractivity contribution in [3.63, 3.8) is 0 Å². The fourth-order valence-corrected chi connectivity index (χ4v) is 4.26. The quantitative estimate of drug-likeness (QED) is 0.706. The molecule has 1 saturated heterocycles. The Hall–Kier alpha value is -2.42. The number of aryl methyl sites for hydroxylation is 1. The van der Waals surface area contributed by atoms with Gasteiger partial charge >= 0.3 is 0 Å². The molecule has 142 valence electrons.